The summed E-state index contributed by atoms with van der Waals surface area (Å²) in [5.74, 6) is -0.211. The van der Waals surface area contributed by atoms with Crippen LogP contribution in [0.25, 0.3) is 0 Å². The van der Waals surface area contributed by atoms with Crippen LogP contribution in [-0.2, 0) is 6.42 Å². The van der Waals surface area contributed by atoms with Crippen molar-refractivity contribution in [2.75, 3.05) is 19.7 Å². The van der Waals surface area contributed by atoms with E-state index in [9.17, 15) is 14.3 Å². The number of benzene rings is 1. The van der Waals surface area contributed by atoms with Crippen molar-refractivity contribution in [3.8, 4) is 0 Å². The van der Waals surface area contributed by atoms with Gasteiger partial charge in [0, 0.05) is 19.7 Å². The second-order valence-electron chi connectivity index (χ2n) is 7.24. The second kappa shape index (κ2) is 7.09. The molecule has 24 heavy (non-hydrogen) atoms. The molecule has 1 unspecified atom stereocenters. The lowest BCUT2D eigenvalue weighted by atomic mass is 9.77. The topological polar surface area (TPSA) is 52.6 Å². The summed E-state index contributed by atoms with van der Waals surface area (Å²) < 4.78 is 13.4. The Labute approximate surface area is 143 Å². The minimum Gasteiger partial charge on any atom is -0.396 e. The molecule has 0 saturated carbocycles. The minimum atomic E-state index is -0.211. The molecule has 4 nitrogen and oxygen atoms in total. The summed E-state index contributed by atoms with van der Waals surface area (Å²) in [5.41, 5.74) is 2.04. The highest BCUT2D eigenvalue weighted by molar-refractivity contribution is 5.75. The van der Waals surface area contributed by atoms with Gasteiger partial charge in [-0.1, -0.05) is 13.0 Å². The van der Waals surface area contributed by atoms with Crippen molar-refractivity contribution in [1.29, 1.82) is 0 Å². The van der Waals surface area contributed by atoms with Crippen LogP contribution in [0.2, 0.25) is 0 Å². The van der Waals surface area contributed by atoms with E-state index >= 15 is 0 Å². The largest absolute Gasteiger partial charge is 0.396 e. The van der Waals surface area contributed by atoms with Crippen molar-refractivity contribution in [1.82, 2.24) is 10.2 Å². The number of likely N-dealkylation sites (tertiary alicyclic amines) is 1. The molecule has 5 heteroatoms. The van der Waals surface area contributed by atoms with Crippen molar-refractivity contribution in [3.63, 3.8) is 0 Å². The van der Waals surface area contributed by atoms with Crippen LogP contribution in [0.4, 0.5) is 9.18 Å². The predicted octanol–water partition coefficient (Wildman–Crippen LogP) is 3.40. The maximum absolute atomic E-state index is 13.4. The fourth-order valence-electron chi connectivity index (χ4n) is 3.98. The number of rotatable bonds is 3. The van der Waals surface area contributed by atoms with E-state index in [1.165, 1.54) is 6.07 Å². The summed E-state index contributed by atoms with van der Waals surface area (Å²) in [6.45, 7) is 3.66. The maximum Gasteiger partial charge on any atom is 0.317 e. The number of aliphatic hydroxyl groups is 1. The molecule has 132 valence electrons. The van der Waals surface area contributed by atoms with Crippen LogP contribution in [0, 0.1) is 11.2 Å². The molecule has 1 heterocycles. The summed E-state index contributed by atoms with van der Waals surface area (Å²) in [5, 5.41) is 12.7. The highest BCUT2D eigenvalue weighted by atomic mass is 19.1. The van der Waals surface area contributed by atoms with E-state index in [0.29, 0.717) is 13.1 Å². The van der Waals surface area contributed by atoms with Gasteiger partial charge in [-0.3, -0.25) is 0 Å². The number of hydrogen-bond acceptors (Lipinski definition) is 2. The molecule has 1 aliphatic carbocycles. The summed E-state index contributed by atoms with van der Waals surface area (Å²) >= 11 is 0. The Morgan fingerprint density at radius 1 is 1.42 bits per heavy atom. The SMILES string of the molecule is CCC1(CO)CCN(C(=O)NC2CCCc3cc(F)ccc32)CC1. The zero-order chi connectivity index (χ0) is 17.2. The number of fused-ring (bicyclic) bond motifs is 1. The zero-order valence-corrected chi connectivity index (χ0v) is 14.4. The first kappa shape index (κ1) is 17.2. The van der Waals surface area contributed by atoms with Gasteiger partial charge in [-0.15, -0.1) is 0 Å². The van der Waals surface area contributed by atoms with Crippen LogP contribution in [-0.4, -0.2) is 35.7 Å². The molecule has 3 rings (SSSR count). The third-order valence-electron chi connectivity index (χ3n) is 5.91. The van der Waals surface area contributed by atoms with Gasteiger partial charge in [0.05, 0.1) is 6.04 Å². The Morgan fingerprint density at radius 2 is 2.17 bits per heavy atom. The van der Waals surface area contributed by atoms with Gasteiger partial charge in [0.1, 0.15) is 5.82 Å². The number of nitrogens with zero attached hydrogens (tertiary/aromatic N) is 1. The van der Waals surface area contributed by atoms with E-state index in [-0.39, 0.29) is 29.9 Å². The molecule has 2 aliphatic rings. The number of carbonyl (C=O) groups is 1. The van der Waals surface area contributed by atoms with Crippen LogP contribution < -0.4 is 5.32 Å². The van der Waals surface area contributed by atoms with Crippen molar-refractivity contribution < 1.29 is 14.3 Å². The summed E-state index contributed by atoms with van der Waals surface area (Å²) in [7, 11) is 0. The number of hydrogen-bond donors (Lipinski definition) is 2. The Morgan fingerprint density at radius 3 is 2.83 bits per heavy atom. The second-order valence-corrected chi connectivity index (χ2v) is 7.24. The van der Waals surface area contributed by atoms with E-state index in [4.69, 9.17) is 0 Å². The molecule has 0 spiro atoms. The minimum absolute atomic E-state index is 0.0221. The number of carbonyl (C=O) groups excluding carboxylic acids is 1. The fourth-order valence-corrected chi connectivity index (χ4v) is 3.98. The Balaban J connectivity index is 1.63. The van der Waals surface area contributed by atoms with Crippen LogP contribution in [0.5, 0.6) is 0 Å². The number of piperidine rings is 1. The molecule has 1 aromatic rings. The Hall–Kier alpha value is -1.62. The van der Waals surface area contributed by atoms with E-state index in [1.807, 2.05) is 4.90 Å². The molecule has 1 saturated heterocycles. The normalized spacial score (nSPS) is 22.8. The number of aliphatic hydroxyl groups excluding tert-OH is 1. The van der Waals surface area contributed by atoms with Gasteiger partial charge in [0.15, 0.2) is 0 Å². The lowest BCUT2D eigenvalue weighted by Gasteiger charge is -2.40. The maximum atomic E-state index is 13.4. The third-order valence-corrected chi connectivity index (χ3v) is 5.91. The first-order chi connectivity index (χ1) is 11.6. The molecular formula is C19H27FN2O2. The van der Waals surface area contributed by atoms with Crippen molar-refractivity contribution in [3.05, 3.63) is 35.1 Å². The molecular weight excluding hydrogens is 307 g/mol. The predicted molar refractivity (Wildman–Crippen MR) is 91.2 cm³/mol. The summed E-state index contributed by atoms with van der Waals surface area (Å²) in [4.78, 5) is 14.5. The van der Waals surface area contributed by atoms with E-state index in [1.54, 1.807) is 12.1 Å². The standard InChI is InChI=1S/C19H27FN2O2/c1-2-19(13-23)8-10-22(11-9-19)18(24)21-17-5-3-4-14-12-15(20)6-7-16(14)17/h6-7,12,17,23H,2-5,8-11,13H2,1H3,(H,21,24). The van der Waals surface area contributed by atoms with Crippen molar-refractivity contribution in [2.45, 2.75) is 51.5 Å². The molecule has 2 amide bonds. The zero-order valence-electron chi connectivity index (χ0n) is 14.4. The van der Waals surface area contributed by atoms with Crippen LogP contribution in [0.3, 0.4) is 0 Å². The molecule has 1 aromatic carbocycles. The van der Waals surface area contributed by atoms with Crippen molar-refractivity contribution >= 4 is 6.03 Å². The van der Waals surface area contributed by atoms with Crippen LogP contribution in [0.1, 0.15) is 56.2 Å². The first-order valence-corrected chi connectivity index (χ1v) is 9.01. The quantitative estimate of drug-likeness (QED) is 0.890. The molecule has 1 atom stereocenters. The number of nitrogens with one attached hydrogen (secondary N) is 1. The highest BCUT2D eigenvalue weighted by Crippen LogP contribution is 2.35. The van der Waals surface area contributed by atoms with Crippen LogP contribution >= 0.6 is 0 Å². The number of amides is 2. The summed E-state index contributed by atoms with van der Waals surface area (Å²) in [6.07, 6.45) is 5.37. The molecule has 0 bridgehead atoms. The van der Waals surface area contributed by atoms with E-state index < -0.39 is 0 Å². The van der Waals surface area contributed by atoms with Crippen molar-refractivity contribution in [2.24, 2.45) is 5.41 Å². The molecule has 1 aliphatic heterocycles. The molecule has 1 fully saturated rings. The van der Waals surface area contributed by atoms with Gasteiger partial charge in [-0.2, -0.15) is 0 Å². The highest BCUT2D eigenvalue weighted by Gasteiger charge is 2.34. The lowest BCUT2D eigenvalue weighted by molar-refractivity contribution is 0.0514. The molecule has 2 N–H and O–H groups in total. The smallest absolute Gasteiger partial charge is 0.317 e. The Kier molecular flexibility index (Phi) is 5.09. The molecule has 0 aromatic heterocycles. The summed E-state index contributed by atoms with van der Waals surface area (Å²) in [6, 6.07) is 4.79. The number of halogens is 1. The van der Waals surface area contributed by atoms with Crippen LogP contribution in [0.15, 0.2) is 18.2 Å². The van der Waals surface area contributed by atoms with Gasteiger partial charge in [0.2, 0.25) is 0 Å². The van der Waals surface area contributed by atoms with E-state index in [0.717, 1.165) is 49.7 Å². The van der Waals surface area contributed by atoms with Gasteiger partial charge in [-0.05, 0) is 67.2 Å². The Bertz CT molecular complexity index is 591. The van der Waals surface area contributed by atoms with Gasteiger partial charge in [-0.25, -0.2) is 9.18 Å². The first-order valence-electron chi connectivity index (χ1n) is 9.01. The number of aryl methyl sites for hydroxylation is 1. The monoisotopic (exact) mass is 334 g/mol. The van der Waals surface area contributed by atoms with E-state index in [2.05, 4.69) is 12.2 Å². The third kappa shape index (κ3) is 3.41. The average molecular weight is 334 g/mol. The van der Waals surface area contributed by atoms with Gasteiger partial charge in [0.25, 0.3) is 0 Å². The fraction of sp³-hybridized carbons (Fsp3) is 0.632. The van der Waals surface area contributed by atoms with Gasteiger partial charge < -0.3 is 15.3 Å². The lowest BCUT2D eigenvalue weighted by Crippen LogP contribution is -2.49. The average Bonchev–Trinajstić information content (AvgIpc) is 2.61. The molecule has 0 radical (unpaired) electrons. The number of urea groups is 1. The van der Waals surface area contributed by atoms with Gasteiger partial charge >= 0.3 is 6.03 Å².